The van der Waals surface area contributed by atoms with Gasteiger partial charge in [0, 0.05) is 6.04 Å². The fourth-order valence-corrected chi connectivity index (χ4v) is 1.09. The predicted octanol–water partition coefficient (Wildman–Crippen LogP) is 1.22. The molecular formula is C8H17NO2. The number of carboxylic acids is 1. The molecule has 0 rings (SSSR count). The van der Waals surface area contributed by atoms with Crippen LogP contribution in [0.1, 0.15) is 33.6 Å². The Morgan fingerprint density at radius 1 is 1.73 bits per heavy atom. The Kier molecular flexibility index (Phi) is 3.52. The molecule has 0 saturated carbocycles. The zero-order valence-electron chi connectivity index (χ0n) is 7.42. The third kappa shape index (κ3) is 2.89. The first-order valence-corrected chi connectivity index (χ1v) is 3.91. The second-order valence-electron chi connectivity index (χ2n) is 3.40. The summed E-state index contributed by atoms with van der Waals surface area (Å²) in [5.74, 6) is -0.752. The largest absolute Gasteiger partial charge is 0.481 e. The van der Waals surface area contributed by atoms with Gasteiger partial charge in [-0.05, 0) is 26.7 Å². The van der Waals surface area contributed by atoms with E-state index in [2.05, 4.69) is 0 Å². The molecule has 0 heterocycles. The normalized spacial score (nSPS) is 18.9. The van der Waals surface area contributed by atoms with Gasteiger partial charge in [-0.3, -0.25) is 4.79 Å². The standard InChI is InChI=1S/C8H17NO2/c1-4-8(3,7(10)11)5-6(2)9/h6H,4-5,9H2,1-3H3,(H,10,11). The second kappa shape index (κ2) is 3.72. The predicted molar refractivity (Wildman–Crippen MR) is 44.3 cm³/mol. The molecule has 0 aromatic heterocycles. The third-order valence-electron chi connectivity index (χ3n) is 2.07. The van der Waals surface area contributed by atoms with Crippen molar-refractivity contribution in [2.45, 2.75) is 39.7 Å². The van der Waals surface area contributed by atoms with E-state index in [1.807, 2.05) is 13.8 Å². The molecular weight excluding hydrogens is 142 g/mol. The molecule has 3 N–H and O–H groups in total. The van der Waals surface area contributed by atoms with Crippen molar-refractivity contribution in [3.63, 3.8) is 0 Å². The molecule has 0 fully saturated rings. The van der Waals surface area contributed by atoms with Gasteiger partial charge in [-0.15, -0.1) is 0 Å². The van der Waals surface area contributed by atoms with Crippen molar-refractivity contribution in [1.29, 1.82) is 0 Å². The zero-order chi connectivity index (χ0) is 9.07. The first-order chi connectivity index (χ1) is 4.92. The van der Waals surface area contributed by atoms with Gasteiger partial charge in [-0.25, -0.2) is 0 Å². The van der Waals surface area contributed by atoms with Gasteiger partial charge in [0.05, 0.1) is 5.41 Å². The summed E-state index contributed by atoms with van der Waals surface area (Å²) in [5.41, 5.74) is 4.88. The van der Waals surface area contributed by atoms with E-state index < -0.39 is 11.4 Å². The van der Waals surface area contributed by atoms with E-state index in [1.165, 1.54) is 0 Å². The fourth-order valence-electron chi connectivity index (χ4n) is 1.09. The number of nitrogens with two attached hydrogens (primary N) is 1. The average Bonchev–Trinajstić information content (AvgIpc) is 1.86. The van der Waals surface area contributed by atoms with Gasteiger partial charge in [-0.1, -0.05) is 6.92 Å². The van der Waals surface area contributed by atoms with Crippen LogP contribution in [0.25, 0.3) is 0 Å². The lowest BCUT2D eigenvalue weighted by Crippen LogP contribution is -2.33. The number of carbonyl (C=O) groups is 1. The van der Waals surface area contributed by atoms with Crippen LogP contribution in [0.15, 0.2) is 0 Å². The first kappa shape index (κ1) is 10.4. The van der Waals surface area contributed by atoms with Crippen LogP contribution in [0, 0.1) is 5.41 Å². The fraction of sp³-hybridized carbons (Fsp3) is 0.875. The van der Waals surface area contributed by atoms with E-state index in [0.717, 1.165) is 0 Å². The third-order valence-corrected chi connectivity index (χ3v) is 2.07. The van der Waals surface area contributed by atoms with Crippen LogP contribution in [0.4, 0.5) is 0 Å². The Morgan fingerprint density at radius 3 is 2.27 bits per heavy atom. The summed E-state index contributed by atoms with van der Waals surface area (Å²) in [7, 11) is 0. The van der Waals surface area contributed by atoms with Crippen LogP contribution in [0.2, 0.25) is 0 Å². The van der Waals surface area contributed by atoms with Crippen LogP contribution in [-0.4, -0.2) is 17.1 Å². The van der Waals surface area contributed by atoms with Crippen molar-refractivity contribution in [2.24, 2.45) is 11.1 Å². The van der Waals surface area contributed by atoms with Crippen LogP contribution in [0.3, 0.4) is 0 Å². The minimum Gasteiger partial charge on any atom is -0.481 e. The summed E-state index contributed by atoms with van der Waals surface area (Å²) in [6, 6.07) is -0.0453. The molecule has 2 atom stereocenters. The summed E-state index contributed by atoms with van der Waals surface area (Å²) >= 11 is 0. The highest BCUT2D eigenvalue weighted by atomic mass is 16.4. The molecule has 0 aromatic rings. The van der Waals surface area contributed by atoms with Crippen LogP contribution in [0.5, 0.6) is 0 Å². The smallest absolute Gasteiger partial charge is 0.309 e. The molecule has 0 aromatic carbocycles. The number of hydrogen-bond acceptors (Lipinski definition) is 2. The Labute approximate surface area is 67.6 Å². The molecule has 66 valence electrons. The highest BCUT2D eigenvalue weighted by Gasteiger charge is 2.31. The molecule has 2 unspecified atom stereocenters. The van der Waals surface area contributed by atoms with Gasteiger partial charge >= 0.3 is 5.97 Å². The zero-order valence-corrected chi connectivity index (χ0v) is 7.42. The van der Waals surface area contributed by atoms with Crippen molar-refractivity contribution in [3.8, 4) is 0 Å². The lowest BCUT2D eigenvalue weighted by atomic mass is 9.82. The summed E-state index contributed by atoms with van der Waals surface area (Å²) in [5, 5.41) is 8.83. The molecule has 11 heavy (non-hydrogen) atoms. The topological polar surface area (TPSA) is 63.3 Å². The van der Waals surface area contributed by atoms with E-state index in [4.69, 9.17) is 10.8 Å². The van der Waals surface area contributed by atoms with E-state index in [0.29, 0.717) is 12.8 Å². The van der Waals surface area contributed by atoms with Crippen molar-refractivity contribution in [3.05, 3.63) is 0 Å². The number of aliphatic carboxylic acids is 1. The first-order valence-electron chi connectivity index (χ1n) is 3.91. The highest BCUT2D eigenvalue weighted by Crippen LogP contribution is 2.26. The Morgan fingerprint density at radius 2 is 2.18 bits per heavy atom. The van der Waals surface area contributed by atoms with Gasteiger partial charge in [0.15, 0.2) is 0 Å². The summed E-state index contributed by atoms with van der Waals surface area (Å²) < 4.78 is 0. The highest BCUT2D eigenvalue weighted by molar-refractivity contribution is 5.74. The second-order valence-corrected chi connectivity index (χ2v) is 3.40. The maximum Gasteiger partial charge on any atom is 0.309 e. The number of rotatable bonds is 4. The van der Waals surface area contributed by atoms with Crippen molar-refractivity contribution >= 4 is 5.97 Å². The van der Waals surface area contributed by atoms with E-state index in [9.17, 15) is 4.79 Å². The summed E-state index contributed by atoms with van der Waals surface area (Å²) in [6.45, 7) is 5.44. The van der Waals surface area contributed by atoms with Crippen LogP contribution in [-0.2, 0) is 4.79 Å². The lowest BCUT2D eigenvalue weighted by molar-refractivity contribution is -0.148. The molecule has 0 bridgehead atoms. The SMILES string of the molecule is CCC(C)(CC(C)N)C(=O)O. The Balaban J connectivity index is 4.22. The molecule has 0 aliphatic heterocycles. The average molecular weight is 159 g/mol. The summed E-state index contributed by atoms with van der Waals surface area (Å²) in [4.78, 5) is 10.7. The Bertz CT molecular complexity index is 145. The lowest BCUT2D eigenvalue weighted by Gasteiger charge is -2.24. The van der Waals surface area contributed by atoms with Gasteiger partial charge in [0.25, 0.3) is 0 Å². The van der Waals surface area contributed by atoms with E-state index in [1.54, 1.807) is 6.92 Å². The minimum atomic E-state index is -0.752. The molecule has 0 spiro atoms. The quantitative estimate of drug-likeness (QED) is 0.648. The monoisotopic (exact) mass is 159 g/mol. The molecule has 3 nitrogen and oxygen atoms in total. The van der Waals surface area contributed by atoms with Crippen LogP contribution < -0.4 is 5.73 Å². The van der Waals surface area contributed by atoms with Crippen LogP contribution >= 0.6 is 0 Å². The van der Waals surface area contributed by atoms with Crippen molar-refractivity contribution < 1.29 is 9.90 Å². The maximum absolute atomic E-state index is 10.7. The van der Waals surface area contributed by atoms with Crippen molar-refractivity contribution in [1.82, 2.24) is 0 Å². The molecule has 0 saturated heterocycles. The molecule has 0 amide bonds. The molecule has 0 aliphatic rings. The van der Waals surface area contributed by atoms with Gasteiger partial charge in [0.1, 0.15) is 0 Å². The van der Waals surface area contributed by atoms with Crippen molar-refractivity contribution in [2.75, 3.05) is 0 Å². The van der Waals surface area contributed by atoms with E-state index in [-0.39, 0.29) is 6.04 Å². The van der Waals surface area contributed by atoms with Gasteiger partial charge in [0.2, 0.25) is 0 Å². The van der Waals surface area contributed by atoms with Gasteiger partial charge in [-0.2, -0.15) is 0 Å². The number of carboxylic acid groups (broad SMARTS) is 1. The molecule has 0 aliphatic carbocycles. The molecule has 0 radical (unpaired) electrons. The van der Waals surface area contributed by atoms with E-state index >= 15 is 0 Å². The Hall–Kier alpha value is -0.570. The maximum atomic E-state index is 10.7. The number of hydrogen-bond donors (Lipinski definition) is 2. The summed E-state index contributed by atoms with van der Waals surface area (Å²) in [6.07, 6.45) is 1.17. The van der Waals surface area contributed by atoms with Gasteiger partial charge < -0.3 is 10.8 Å². The minimum absolute atomic E-state index is 0.0453. The molecule has 3 heteroatoms.